The third-order valence-electron chi connectivity index (χ3n) is 5.22. The van der Waals surface area contributed by atoms with E-state index in [9.17, 15) is 0 Å². The Balaban J connectivity index is 1.79. The Morgan fingerprint density at radius 1 is 0.833 bits per heavy atom. The van der Waals surface area contributed by atoms with Crippen molar-refractivity contribution in [3.05, 3.63) is 97.2 Å². The summed E-state index contributed by atoms with van der Waals surface area (Å²) in [7, 11) is 0. The molecule has 4 N–H and O–H groups in total. The van der Waals surface area contributed by atoms with Gasteiger partial charge in [0.05, 0.1) is 29.0 Å². The van der Waals surface area contributed by atoms with E-state index >= 15 is 0 Å². The largest absolute Gasteiger partial charge is 0.354 e. The minimum absolute atomic E-state index is 0.772. The molecule has 0 unspecified atom stereocenters. The molecule has 0 spiro atoms. The molecule has 5 nitrogen and oxygen atoms in total. The summed E-state index contributed by atoms with van der Waals surface area (Å²) in [6.07, 6.45) is 7.17. The van der Waals surface area contributed by atoms with E-state index in [1.165, 1.54) is 5.56 Å². The topological polar surface area (TPSA) is 80.5 Å². The van der Waals surface area contributed by atoms with Gasteiger partial charge in [-0.05, 0) is 17.7 Å². The van der Waals surface area contributed by atoms with Crippen LogP contribution in [0.2, 0.25) is 0 Å². The lowest BCUT2D eigenvalue weighted by Gasteiger charge is -2.13. The fraction of sp³-hybridized carbons (Fsp3) is 0.0400. The summed E-state index contributed by atoms with van der Waals surface area (Å²) in [5.74, 6) is 0. The summed E-state index contributed by atoms with van der Waals surface area (Å²) in [6.45, 7) is 0.772. The quantitative estimate of drug-likeness (QED) is 0.508. The first kappa shape index (κ1) is 18.1. The molecule has 144 valence electrons. The van der Waals surface area contributed by atoms with Crippen molar-refractivity contribution in [3.8, 4) is 33.6 Å². The SMILES string of the molecule is [NH3+]Cc1ccc(-c2nc3ccnc(-c4cnc[nH+]c4)c3cc2-c2ccccc2)cc1. The fourth-order valence-corrected chi connectivity index (χ4v) is 3.67. The Morgan fingerprint density at radius 2 is 1.67 bits per heavy atom. The first-order valence-electron chi connectivity index (χ1n) is 9.89. The van der Waals surface area contributed by atoms with Crippen LogP contribution in [0.5, 0.6) is 0 Å². The van der Waals surface area contributed by atoms with Crippen LogP contribution in [0.3, 0.4) is 0 Å². The highest BCUT2D eigenvalue weighted by atomic mass is 14.8. The van der Waals surface area contributed by atoms with Crippen LogP contribution < -0.4 is 10.7 Å². The van der Waals surface area contributed by atoms with Gasteiger partial charge in [0.15, 0.2) is 6.20 Å². The van der Waals surface area contributed by atoms with Crippen molar-refractivity contribution < 1.29 is 10.7 Å². The Labute approximate surface area is 174 Å². The highest BCUT2D eigenvalue weighted by Gasteiger charge is 2.15. The number of rotatable bonds is 4. The van der Waals surface area contributed by atoms with Crippen LogP contribution in [-0.2, 0) is 6.54 Å². The zero-order chi connectivity index (χ0) is 20.3. The molecule has 0 amide bonds. The number of hydrogen-bond donors (Lipinski definition) is 1. The minimum Gasteiger partial charge on any atom is -0.354 e. The van der Waals surface area contributed by atoms with Crippen LogP contribution in [0.15, 0.2) is 91.6 Å². The lowest BCUT2D eigenvalue weighted by Crippen LogP contribution is -2.47. The number of quaternary nitrogens is 1. The van der Waals surface area contributed by atoms with E-state index in [0.29, 0.717) is 0 Å². The summed E-state index contributed by atoms with van der Waals surface area (Å²) in [5, 5.41) is 0.996. The van der Waals surface area contributed by atoms with Gasteiger partial charge in [0.1, 0.15) is 6.20 Å². The molecule has 0 aliphatic heterocycles. The van der Waals surface area contributed by atoms with Gasteiger partial charge in [-0.1, -0.05) is 59.6 Å². The van der Waals surface area contributed by atoms with Crippen LogP contribution in [0.25, 0.3) is 44.5 Å². The molecule has 3 aromatic heterocycles. The Morgan fingerprint density at radius 3 is 2.40 bits per heavy atom. The van der Waals surface area contributed by atoms with Crippen molar-refractivity contribution in [1.29, 1.82) is 0 Å². The molecule has 2 aromatic carbocycles. The fourth-order valence-electron chi connectivity index (χ4n) is 3.67. The van der Waals surface area contributed by atoms with E-state index in [4.69, 9.17) is 4.98 Å². The molecule has 5 heteroatoms. The maximum Gasteiger partial charge on any atom is 0.283 e. The van der Waals surface area contributed by atoms with Crippen LogP contribution in [0.1, 0.15) is 5.56 Å². The number of nitrogens with one attached hydrogen (secondary N) is 1. The third kappa shape index (κ3) is 3.32. The van der Waals surface area contributed by atoms with Crippen molar-refractivity contribution in [1.82, 2.24) is 15.0 Å². The number of hydrogen-bond acceptors (Lipinski definition) is 3. The van der Waals surface area contributed by atoms with Crippen LogP contribution >= 0.6 is 0 Å². The lowest BCUT2D eigenvalue weighted by molar-refractivity contribution is -0.386. The van der Waals surface area contributed by atoms with E-state index in [-0.39, 0.29) is 0 Å². The molecular weight excluding hydrogens is 370 g/mol. The van der Waals surface area contributed by atoms with Gasteiger partial charge in [-0.25, -0.2) is 9.97 Å². The smallest absolute Gasteiger partial charge is 0.283 e. The molecule has 0 saturated heterocycles. The number of aromatic nitrogens is 4. The second kappa shape index (κ2) is 7.81. The molecule has 0 aliphatic rings. The molecule has 3 heterocycles. The second-order valence-electron chi connectivity index (χ2n) is 7.10. The molecule has 0 atom stereocenters. The van der Waals surface area contributed by atoms with Crippen LogP contribution in [0.4, 0.5) is 0 Å². The summed E-state index contributed by atoms with van der Waals surface area (Å²) < 4.78 is 0. The summed E-state index contributed by atoms with van der Waals surface area (Å²) in [6, 6.07) is 23.0. The van der Waals surface area contributed by atoms with Gasteiger partial charge in [-0.15, -0.1) is 0 Å². The van der Waals surface area contributed by atoms with Crippen molar-refractivity contribution in [2.45, 2.75) is 6.54 Å². The standard InChI is InChI=1S/C25H19N5/c26-13-17-6-8-19(9-7-17)25-21(18-4-2-1-3-5-18)12-22-23(30-25)10-11-29-24(22)20-14-27-16-28-15-20/h1-12,14-16H,13,26H2/p+2. The van der Waals surface area contributed by atoms with Gasteiger partial charge < -0.3 is 5.73 Å². The monoisotopic (exact) mass is 391 g/mol. The van der Waals surface area contributed by atoms with Crippen LogP contribution in [-0.4, -0.2) is 15.0 Å². The molecule has 0 radical (unpaired) electrons. The van der Waals surface area contributed by atoms with Crippen molar-refractivity contribution >= 4 is 10.9 Å². The van der Waals surface area contributed by atoms with E-state index in [1.54, 1.807) is 12.5 Å². The van der Waals surface area contributed by atoms with Crippen molar-refractivity contribution in [3.63, 3.8) is 0 Å². The molecule has 0 saturated carbocycles. The summed E-state index contributed by atoms with van der Waals surface area (Å²) in [5.41, 5.74) is 12.1. The lowest BCUT2D eigenvalue weighted by atomic mass is 9.96. The van der Waals surface area contributed by atoms with Gasteiger partial charge in [0, 0.05) is 28.3 Å². The predicted octanol–water partition coefficient (Wildman–Crippen LogP) is 3.58. The van der Waals surface area contributed by atoms with Crippen LogP contribution in [0, 0.1) is 0 Å². The van der Waals surface area contributed by atoms with Crippen molar-refractivity contribution in [2.75, 3.05) is 0 Å². The average Bonchev–Trinajstić information content (AvgIpc) is 2.84. The molecule has 5 aromatic rings. The minimum atomic E-state index is 0.772. The number of aromatic amines is 1. The van der Waals surface area contributed by atoms with Gasteiger partial charge in [-0.2, -0.15) is 0 Å². The molecule has 5 rings (SSSR count). The summed E-state index contributed by atoms with van der Waals surface area (Å²) >= 11 is 0. The third-order valence-corrected chi connectivity index (χ3v) is 5.22. The zero-order valence-electron chi connectivity index (χ0n) is 16.4. The Kier molecular flexibility index (Phi) is 4.71. The van der Waals surface area contributed by atoms with E-state index < -0.39 is 0 Å². The highest BCUT2D eigenvalue weighted by molar-refractivity contribution is 5.98. The molecule has 0 bridgehead atoms. The summed E-state index contributed by atoms with van der Waals surface area (Å²) in [4.78, 5) is 17.0. The number of pyridine rings is 2. The molecule has 30 heavy (non-hydrogen) atoms. The Bertz CT molecular complexity index is 1300. The second-order valence-corrected chi connectivity index (χ2v) is 7.10. The number of fused-ring (bicyclic) bond motifs is 1. The average molecular weight is 391 g/mol. The van der Waals surface area contributed by atoms with Crippen molar-refractivity contribution in [2.24, 2.45) is 0 Å². The number of H-pyrrole nitrogens is 1. The van der Waals surface area contributed by atoms with Gasteiger partial charge in [0.25, 0.3) is 6.33 Å². The molecular formula is C25H21N5+2. The molecule has 0 fully saturated rings. The first-order valence-corrected chi connectivity index (χ1v) is 9.89. The van der Waals surface area contributed by atoms with Gasteiger partial charge in [0.2, 0.25) is 0 Å². The molecule has 0 aliphatic carbocycles. The zero-order valence-corrected chi connectivity index (χ0v) is 16.4. The number of benzene rings is 2. The van der Waals surface area contributed by atoms with E-state index in [0.717, 1.165) is 51.1 Å². The predicted molar refractivity (Wildman–Crippen MR) is 117 cm³/mol. The highest BCUT2D eigenvalue weighted by Crippen LogP contribution is 2.35. The first-order chi connectivity index (χ1) is 14.8. The maximum absolute atomic E-state index is 5.08. The maximum atomic E-state index is 5.08. The van der Waals surface area contributed by atoms with E-state index in [1.807, 2.05) is 24.5 Å². The van der Waals surface area contributed by atoms with Gasteiger partial charge in [-0.3, -0.25) is 4.98 Å². The number of nitrogens with zero attached hydrogens (tertiary/aromatic N) is 3. The normalized spacial score (nSPS) is 11.0. The Hall–Kier alpha value is -3.96. The van der Waals surface area contributed by atoms with Gasteiger partial charge >= 0.3 is 0 Å². The van der Waals surface area contributed by atoms with E-state index in [2.05, 4.69) is 75.3 Å².